The van der Waals surface area contributed by atoms with Crippen LogP contribution in [0, 0.1) is 5.82 Å². The highest BCUT2D eigenvalue weighted by Gasteiger charge is 1.97. The van der Waals surface area contributed by atoms with Gasteiger partial charge in [-0.2, -0.15) is 12.6 Å². The van der Waals surface area contributed by atoms with E-state index in [1.54, 1.807) is 12.1 Å². The average molecular weight is 274 g/mol. The highest BCUT2D eigenvalue weighted by atomic mass is 32.1. The predicted molar refractivity (Wildman–Crippen MR) is 80.1 cm³/mol. The molecule has 0 bridgehead atoms. The van der Waals surface area contributed by atoms with Crippen LogP contribution >= 0.6 is 12.6 Å². The number of hydrogen-bond donors (Lipinski definition) is 1. The minimum absolute atomic E-state index is 0.232. The predicted octanol–water partition coefficient (Wildman–Crippen LogP) is 4.35. The SMILES string of the molecule is Fc1ccc(COc2ccc(C=CCS)cc2)cc1. The van der Waals surface area contributed by atoms with Crippen molar-refractivity contribution in [2.75, 3.05) is 5.75 Å². The Hall–Kier alpha value is -1.74. The van der Waals surface area contributed by atoms with Gasteiger partial charge in [-0.3, -0.25) is 0 Å². The van der Waals surface area contributed by atoms with Crippen LogP contribution in [0.25, 0.3) is 6.08 Å². The van der Waals surface area contributed by atoms with Crippen molar-refractivity contribution in [1.82, 2.24) is 0 Å². The quantitative estimate of drug-likeness (QED) is 0.798. The van der Waals surface area contributed by atoms with E-state index in [0.29, 0.717) is 6.61 Å². The van der Waals surface area contributed by atoms with Gasteiger partial charge in [-0.25, -0.2) is 4.39 Å². The average Bonchev–Trinajstić information content (AvgIpc) is 2.46. The zero-order chi connectivity index (χ0) is 13.5. The van der Waals surface area contributed by atoms with Gasteiger partial charge in [0.15, 0.2) is 0 Å². The zero-order valence-electron chi connectivity index (χ0n) is 10.4. The molecule has 0 spiro atoms. The smallest absolute Gasteiger partial charge is 0.123 e. The monoisotopic (exact) mass is 274 g/mol. The van der Waals surface area contributed by atoms with Crippen molar-refractivity contribution in [2.45, 2.75) is 6.61 Å². The van der Waals surface area contributed by atoms with E-state index in [4.69, 9.17) is 4.74 Å². The van der Waals surface area contributed by atoms with Crippen LogP contribution in [-0.4, -0.2) is 5.75 Å². The first-order valence-corrected chi connectivity index (χ1v) is 6.66. The van der Waals surface area contributed by atoms with Crippen molar-refractivity contribution in [2.24, 2.45) is 0 Å². The summed E-state index contributed by atoms with van der Waals surface area (Å²) in [6, 6.07) is 14.1. The Labute approximate surface area is 118 Å². The summed E-state index contributed by atoms with van der Waals surface area (Å²) in [5.74, 6) is 1.29. The van der Waals surface area contributed by atoms with E-state index in [1.807, 2.05) is 36.4 Å². The Morgan fingerprint density at radius 3 is 2.32 bits per heavy atom. The molecule has 2 aromatic carbocycles. The van der Waals surface area contributed by atoms with Crippen molar-refractivity contribution >= 4 is 18.7 Å². The van der Waals surface area contributed by atoms with Crippen molar-refractivity contribution in [3.05, 3.63) is 71.6 Å². The second kappa shape index (κ2) is 7.00. The fraction of sp³-hybridized carbons (Fsp3) is 0.125. The van der Waals surface area contributed by atoms with E-state index in [-0.39, 0.29) is 5.82 Å². The summed E-state index contributed by atoms with van der Waals surface area (Å²) in [6.07, 6.45) is 3.99. The van der Waals surface area contributed by atoms with Gasteiger partial charge < -0.3 is 4.74 Å². The molecule has 2 rings (SSSR count). The molecule has 0 saturated carbocycles. The molecule has 0 aliphatic heterocycles. The fourth-order valence-corrected chi connectivity index (χ4v) is 1.72. The van der Waals surface area contributed by atoms with E-state index < -0.39 is 0 Å². The molecule has 0 amide bonds. The lowest BCUT2D eigenvalue weighted by atomic mass is 10.2. The van der Waals surface area contributed by atoms with Crippen molar-refractivity contribution in [3.63, 3.8) is 0 Å². The topological polar surface area (TPSA) is 9.23 Å². The molecule has 2 aromatic rings. The molecular weight excluding hydrogens is 259 g/mol. The van der Waals surface area contributed by atoms with Crippen LogP contribution in [0.3, 0.4) is 0 Å². The maximum atomic E-state index is 12.7. The van der Waals surface area contributed by atoms with Gasteiger partial charge in [0.1, 0.15) is 18.2 Å². The standard InChI is InChI=1S/C16H15FOS/c17-15-7-3-14(4-8-15)12-18-16-9-5-13(6-10-16)2-1-11-19/h1-10,19H,11-12H2. The third kappa shape index (κ3) is 4.45. The molecule has 0 N–H and O–H groups in total. The number of ether oxygens (including phenoxy) is 1. The van der Waals surface area contributed by atoms with Crippen LogP contribution in [0.1, 0.15) is 11.1 Å². The van der Waals surface area contributed by atoms with E-state index in [2.05, 4.69) is 12.6 Å². The number of thiol groups is 1. The maximum absolute atomic E-state index is 12.7. The Morgan fingerprint density at radius 2 is 1.68 bits per heavy atom. The van der Waals surface area contributed by atoms with Crippen LogP contribution in [0.2, 0.25) is 0 Å². The highest BCUT2D eigenvalue weighted by molar-refractivity contribution is 7.80. The van der Waals surface area contributed by atoms with Gasteiger partial charge in [-0.15, -0.1) is 0 Å². The summed E-state index contributed by atoms with van der Waals surface area (Å²) in [5.41, 5.74) is 2.06. The molecule has 0 saturated heterocycles. The minimum atomic E-state index is -0.232. The molecule has 98 valence electrons. The molecule has 0 fully saturated rings. The third-order valence-corrected chi connectivity index (χ3v) is 2.83. The second-order valence-electron chi connectivity index (χ2n) is 4.07. The lowest BCUT2D eigenvalue weighted by Crippen LogP contribution is -1.95. The molecule has 3 heteroatoms. The largest absolute Gasteiger partial charge is 0.489 e. The normalized spacial score (nSPS) is 10.8. The Morgan fingerprint density at radius 1 is 1.00 bits per heavy atom. The Kier molecular flexibility index (Phi) is 5.04. The van der Waals surface area contributed by atoms with E-state index in [0.717, 1.165) is 22.6 Å². The number of benzene rings is 2. The van der Waals surface area contributed by atoms with Gasteiger partial charge in [0.25, 0.3) is 0 Å². The Bertz CT molecular complexity index is 532. The van der Waals surface area contributed by atoms with E-state index in [9.17, 15) is 4.39 Å². The summed E-state index contributed by atoms with van der Waals surface area (Å²) in [7, 11) is 0. The van der Waals surface area contributed by atoms with Crippen LogP contribution in [0.4, 0.5) is 4.39 Å². The summed E-state index contributed by atoms with van der Waals surface area (Å²) in [4.78, 5) is 0. The summed E-state index contributed by atoms with van der Waals surface area (Å²) < 4.78 is 18.4. The van der Waals surface area contributed by atoms with Gasteiger partial charge in [-0.05, 0) is 35.4 Å². The molecule has 0 heterocycles. The first-order valence-electron chi connectivity index (χ1n) is 6.02. The summed E-state index contributed by atoms with van der Waals surface area (Å²) in [5, 5.41) is 0. The molecule has 0 aliphatic carbocycles. The zero-order valence-corrected chi connectivity index (χ0v) is 11.3. The molecule has 19 heavy (non-hydrogen) atoms. The molecule has 0 unspecified atom stereocenters. The van der Waals surface area contributed by atoms with Crippen LogP contribution in [0.15, 0.2) is 54.6 Å². The van der Waals surface area contributed by atoms with Gasteiger partial charge in [0.2, 0.25) is 0 Å². The lowest BCUT2D eigenvalue weighted by Gasteiger charge is -2.06. The first kappa shape index (κ1) is 13.7. The van der Waals surface area contributed by atoms with Crippen LogP contribution < -0.4 is 4.74 Å². The first-order chi connectivity index (χ1) is 9.28. The maximum Gasteiger partial charge on any atom is 0.123 e. The van der Waals surface area contributed by atoms with Gasteiger partial charge >= 0.3 is 0 Å². The summed E-state index contributed by atoms with van der Waals surface area (Å²) >= 11 is 4.11. The number of hydrogen-bond acceptors (Lipinski definition) is 2. The molecular formula is C16H15FOS. The fourth-order valence-electron chi connectivity index (χ4n) is 1.61. The van der Waals surface area contributed by atoms with E-state index >= 15 is 0 Å². The van der Waals surface area contributed by atoms with Gasteiger partial charge in [0, 0.05) is 5.75 Å². The molecule has 1 nitrogen and oxygen atoms in total. The molecule has 0 radical (unpaired) electrons. The molecule has 0 atom stereocenters. The lowest BCUT2D eigenvalue weighted by molar-refractivity contribution is 0.306. The number of halogens is 1. The molecule has 0 aliphatic rings. The van der Waals surface area contributed by atoms with Crippen molar-refractivity contribution in [1.29, 1.82) is 0 Å². The number of rotatable bonds is 5. The summed E-state index contributed by atoms with van der Waals surface area (Å²) in [6.45, 7) is 0.437. The minimum Gasteiger partial charge on any atom is -0.489 e. The van der Waals surface area contributed by atoms with Crippen LogP contribution in [-0.2, 0) is 6.61 Å². The second-order valence-corrected chi connectivity index (χ2v) is 4.43. The van der Waals surface area contributed by atoms with Crippen molar-refractivity contribution < 1.29 is 9.13 Å². The Balaban J connectivity index is 1.92. The van der Waals surface area contributed by atoms with Gasteiger partial charge in [-0.1, -0.05) is 36.4 Å². The molecule has 0 aromatic heterocycles. The van der Waals surface area contributed by atoms with E-state index in [1.165, 1.54) is 12.1 Å². The third-order valence-electron chi connectivity index (χ3n) is 2.61. The highest BCUT2D eigenvalue weighted by Crippen LogP contribution is 2.15. The van der Waals surface area contributed by atoms with Crippen molar-refractivity contribution in [3.8, 4) is 5.75 Å². The van der Waals surface area contributed by atoms with Gasteiger partial charge in [0.05, 0.1) is 0 Å². The van der Waals surface area contributed by atoms with Crippen LogP contribution in [0.5, 0.6) is 5.75 Å².